The van der Waals surface area contributed by atoms with Crippen molar-refractivity contribution in [2.24, 2.45) is 169 Å². The van der Waals surface area contributed by atoms with Gasteiger partial charge in [-0.05, 0) is 387 Å². The summed E-state index contributed by atoms with van der Waals surface area (Å²) < 4.78 is 29.9. The number of ether oxygens (including phenoxy) is 5. The summed E-state index contributed by atoms with van der Waals surface area (Å²) in [5, 5.41) is 52.1. The number of carbonyl (C=O) groups excluding carboxylic acids is 5. The van der Waals surface area contributed by atoms with Crippen molar-refractivity contribution in [2.75, 3.05) is 0 Å². The Morgan fingerprint density at radius 1 is 0.385 bits per heavy atom. The molecule has 1 spiro atoms. The summed E-state index contributed by atoms with van der Waals surface area (Å²) in [7, 11) is 0. The Morgan fingerprint density at radius 3 is 1.18 bits per heavy atom. The van der Waals surface area contributed by atoms with Crippen molar-refractivity contribution in [3.8, 4) is 0 Å². The average Bonchev–Trinajstić information content (AvgIpc) is 1.44. The molecule has 0 saturated heterocycles. The van der Waals surface area contributed by atoms with Crippen LogP contribution in [0.25, 0.3) is 0 Å². The van der Waals surface area contributed by atoms with Crippen LogP contribution in [-0.4, -0.2) is 112 Å². The van der Waals surface area contributed by atoms with Crippen LogP contribution in [0, 0.1) is 169 Å². The lowest BCUT2D eigenvalue weighted by Gasteiger charge is -2.65. The molecule has 5 N–H and O–H groups in total. The van der Waals surface area contributed by atoms with Crippen LogP contribution in [0.15, 0.2) is 0 Å². The van der Waals surface area contributed by atoms with Crippen LogP contribution < -0.4 is 0 Å². The molecule has 21 rings (SSSR count). The van der Waals surface area contributed by atoms with Crippen LogP contribution in [0.3, 0.4) is 0 Å². The molecule has 21 atom stereocenters. The topological polar surface area (TPSA) is 233 Å². The van der Waals surface area contributed by atoms with Gasteiger partial charge < -0.3 is 49.2 Å². The third-order valence-corrected chi connectivity index (χ3v) is 39.8. The zero-order valence-corrected chi connectivity index (χ0v) is 80.5. The molecule has 21 aliphatic carbocycles. The van der Waals surface area contributed by atoms with Crippen molar-refractivity contribution < 1.29 is 73.2 Å². The highest BCUT2D eigenvalue weighted by Gasteiger charge is 2.72. The third-order valence-electron chi connectivity index (χ3n) is 39.8. The zero-order chi connectivity index (χ0) is 88.1. The molecule has 0 heterocycles. The monoisotopic (exact) mass is 1710 g/mol. The van der Waals surface area contributed by atoms with E-state index in [4.69, 9.17) is 23.7 Å². The fraction of sp³-hybridized carbons (Fsp3) is 0.953. The third kappa shape index (κ3) is 19.6. The number of hydrogen-bond acceptors (Lipinski definition) is 15. The van der Waals surface area contributed by atoms with E-state index in [2.05, 4.69) is 96.9 Å². The fourth-order valence-electron chi connectivity index (χ4n) is 30.9. The molecule has 0 aliphatic heterocycles. The predicted molar refractivity (Wildman–Crippen MR) is 491 cm³/mol. The number of carbonyl (C=O) groups is 5. The molecule has 21 saturated carbocycles. The molecule has 706 valence electrons. The maximum absolute atomic E-state index is 12.7. The Hall–Kier alpha value is -2.85. The molecule has 21 aliphatic rings. The van der Waals surface area contributed by atoms with E-state index in [1.165, 1.54) is 83.5 Å². The average molecular weight is 1710 g/mol. The van der Waals surface area contributed by atoms with Crippen molar-refractivity contribution in [2.45, 2.75) is 478 Å². The van der Waals surface area contributed by atoms with Gasteiger partial charge in [0.25, 0.3) is 0 Å². The van der Waals surface area contributed by atoms with Gasteiger partial charge in [-0.2, -0.15) is 0 Å². The smallest absolute Gasteiger partial charge is 0.312 e. The van der Waals surface area contributed by atoms with Gasteiger partial charge in [0, 0.05) is 56.3 Å². The second kappa shape index (κ2) is 36.0. The summed E-state index contributed by atoms with van der Waals surface area (Å²) in [6.45, 7) is 57.7. The molecule has 15 heteroatoms. The first-order chi connectivity index (χ1) is 54.8. The number of aliphatic hydroxyl groups is 5. The quantitative estimate of drug-likeness (QED) is 0.0804. The second-order valence-electron chi connectivity index (χ2n) is 50.4. The summed E-state index contributed by atoms with van der Waals surface area (Å²) in [4.78, 5) is 62.4. The van der Waals surface area contributed by atoms with E-state index >= 15 is 0 Å². The summed E-state index contributed by atoms with van der Waals surface area (Å²) >= 11 is 0. The second-order valence-corrected chi connectivity index (χ2v) is 50.4. The first-order valence-corrected chi connectivity index (χ1v) is 49.5. The minimum absolute atomic E-state index is 0. The SMILES string of the molecule is C.C.C.CC1C2CC(C(=O)OC(C)(C)C)C(C2)C1C.CC1C2CC(O)C(C2)C1C.CC1C2CCC(C2)C1C.CCC(C)(C)C(=O)OC1(C)C2CC3CC1CC(O)(C3)C2.CCC(C)(C)C(=O)OC1(CC)C2CC3CC(C2)CC1C3.CCC(C)(C)C(=O)OC12CC3(O)CC(O)(CC(O)(C3)C1)C2.CCC(C)(C)C(=O)O[C@]1(C)CC[C@@]23C[C@@H]1C(C)(C)C2CC[C@H]3C. The van der Waals surface area contributed by atoms with Crippen LogP contribution in [0.1, 0.15) is 421 Å². The summed E-state index contributed by atoms with van der Waals surface area (Å²) in [6.07, 6.45) is 33.1. The summed E-state index contributed by atoms with van der Waals surface area (Å²) in [5.41, 5.74) is -6.79. The maximum atomic E-state index is 12.7. The Bertz CT molecular complexity index is 3490. The minimum atomic E-state index is -1.13. The molecule has 0 radical (unpaired) electrons. The van der Waals surface area contributed by atoms with Crippen molar-refractivity contribution in [3.63, 3.8) is 0 Å². The Kier molecular flexibility index (Phi) is 30.4. The van der Waals surface area contributed by atoms with Crippen molar-refractivity contribution in [1.29, 1.82) is 0 Å². The number of aliphatic hydroxyl groups excluding tert-OH is 1. The van der Waals surface area contributed by atoms with E-state index in [0.29, 0.717) is 84.4 Å². The lowest BCUT2D eigenvalue weighted by atomic mass is 9.48. The van der Waals surface area contributed by atoms with Gasteiger partial charge in [0.15, 0.2) is 0 Å². The molecule has 17 unspecified atom stereocenters. The van der Waals surface area contributed by atoms with Gasteiger partial charge in [-0.1, -0.05) is 119 Å². The van der Waals surface area contributed by atoms with E-state index in [9.17, 15) is 49.5 Å². The standard InChI is InChI=1S/C21H36O2.C18H30O2.C17H28O3.C16H26O5.C14H24O2.C9H16O.C9H16.3CH4/c1-8-18(3,4)17(22)23-20(7)11-12-21-13-16(20)19(5,6)15(21)10-9-14(21)2;1-5-17(3,4)16(19)20-18(6-2)14-8-12-7-13(10-14)11-15(18)9-12;1-5-15(2,3)14(18)20-16(4)12-6-11-7-13(16)10-17(19,8-11)9-12;1-4-12(2,3)11(17)21-16-8-13(18)5-14(19,9-16)7-15(20,6-13)10-16;1-8-9(2)11-6-10(8)7-12(11)13(15)16-14(3,4)5;1-5-6(2)8-3-7(5)4-9(8)10;1-6-7(2)9-4-3-8(6)5-9;;;/h14-16H,8-13H2,1-7H3;12-15H,5-11H2,1-4H3;11-13,19H,5-10H2,1-4H3;18-20H,4-10H2,1-3H3;8-12H,6-7H2,1-5H3;5-10H,3-4H2,1-2H3;6-9H,3-5H2,1-2H3;3*1H4/t14-,15?,16-,20-,21+;;;;;;;;;/m1........./s1. The molecule has 0 aromatic carbocycles. The molecular formula is C107H188O15. The van der Waals surface area contributed by atoms with Gasteiger partial charge in [-0.15, -0.1) is 0 Å². The molecule has 0 aromatic heterocycles. The number of fused-ring (bicyclic) bond motifs is 7. The van der Waals surface area contributed by atoms with Crippen LogP contribution >= 0.6 is 0 Å². The van der Waals surface area contributed by atoms with Gasteiger partial charge in [0.1, 0.15) is 28.0 Å². The van der Waals surface area contributed by atoms with Gasteiger partial charge in [0.2, 0.25) is 0 Å². The normalized spacial score (nSPS) is 46.1. The molecule has 0 amide bonds. The van der Waals surface area contributed by atoms with E-state index in [-0.39, 0.29) is 122 Å². The van der Waals surface area contributed by atoms with E-state index < -0.39 is 38.8 Å². The summed E-state index contributed by atoms with van der Waals surface area (Å²) in [6, 6.07) is 0. The first-order valence-electron chi connectivity index (χ1n) is 49.5. The maximum Gasteiger partial charge on any atom is 0.312 e. The minimum Gasteiger partial charge on any atom is -0.460 e. The van der Waals surface area contributed by atoms with Crippen LogP contribution in [0.4, 0.5) is 0 Å². The molecular weight excluding hydrogens is 1530 g/mol. The van der Waals surface area contributed by atoms with Crippen molar-refractivity contribution in [3.05, 3.63) is 0 Å². The van der Waals surface area contributed by atoms with Crippen molar-refractivity contribution >= 4 is 29.8 Å². The van der Waals surface area contributed by atoms with Gasteiger partial charge in [-0.3, -0.25) is 24.0 Å². The molecule has 122 heavy (non-hydrogen) atoms. The lowest BCUT2D eigenvalue weighted by molar-refractivity contribution is -0.302. The van der Waals surface area contributed by atoms with Gasteiger partial charge in [0.05, 0.1) is 56.1 Å². The van der Waals surface area contributed by atoms with E-state index in [1.807, 2.05) is 90.0 Å². The fourth-order valence-corrected chi connectivity index (χ4v) is 30.9. The van der Waals surface area contributed by atoms with Crippen molar-refractivity contribution in [1.82, 2.24) is 0 Å². The Labute approximate surface area is 745 Å². The largest absolute Gasteiger partial charge is 0.460 e. The Morgan fingerprint density at radius 2 is 0.795 bits per heavy atom. The van der Waals surface area contributed by atoms with Crippen LogP contribution in [0.5, 0.6) is 0 Å². The van der Waals surface area contributed by atoms with Crippen LogP contribution in [-0.2, 0) is 47.7 Å². The lowest BCUT2D eigenvalue weighted by Crippen LogP contribution is -2.72. The van der Waals surface area contributed by atoms with E-state index in [1.54, 1.807) is 6.42 Å². The molecule has 0 aromatic rings. The highest BCUT2D eigenvalue weighted by Crippen LogP contribution is 2.74. The van der Waals surface area contributed by atoms with Gasteiger partial charge in [-0.25, -0.2) is 0 Å². The number of esters is 5. The first kappa shape index (κ1) is 103. The Balaban J connectivity index is 0.000000164. The highest BCUT2D eigenvalue weighted by molar-refractivity contribution is 5.78. The predicted octanol–water partition coefficient (Wildman–Crippen LogP) is 24.3. The number of rotatable bonds is 14. The highest BCUT2D eigenvalue weighted by atomic mass is 16.6. The molecule has 20 bridgehead atoms. The molecule has 21 fully saturated rings. The zero-order valence-electron chi connectivity index (χ0n) is 80.5. The molecule has 15 nitrogen and oxygen atoms in total. The number of hydrogen-bond donors (Lipinski definition) is 5. The summed E-state index contributed by atoms with van der Waals surface area (Å²) in [5.74, 6) is 16.8. The van der Waals surface area contributed by atoms with Crippen LogP contribution in [0.2, 0.25) is 0 Å². The van der Waals surface area contributed by atoms with E-state index in [0.717, 1.165) is 154 Å². The van der Waals surface area contributed by atoms with Gasteiger partial charge >= 0.3 is 29.8 Å².